The lowest BCUT2D eigenvalue weighted by Gasteiger charge is -2.27. The van der Waals surface area contributed by atoms with Gasteiger partial charge in [0.15, 0.2) is 0 Å². The summed E-state index contributed by atoms with van der Waals surface area (Å²) in [5.41, 5.74) is 4.88. The van der Waals surface area contributed by atoms with E-state index in [1.807, 2.05) is 18.5 Å². The van der Waals surface area contributed by atoms with Crippen molar-refractivity contribution >= 4 is 23.3 Å². The third-order valence-electron chi connectivity index (χ3n) is 4.48. The summed E-state index contributed by atoms with van der Waals surface area (Å²) in [5, 5.41) is 1.03. The molecule has 0 radical (unpaired) electrons. The van der Waals surface area contributed by atoms with Gasteiger partial charge in [-0.2, -0.15) is 0 Å². The van der Waals surface area contributed by atoms with Crippen molar-refractivity contribution in [2.24, 2.45) is 0 Å². The lowest BCUT2D eigenvalue weighted by Crippen LogP contribution is -2.32. The van der Waals surface area contributed by atoms with Crippen LogP contribution in [-0.4, -0.2) is 28.0 Å². The van der Waals surface area contributed by atoms with Crippen molar-refractivity contribution in [2.45, 2.75) is 19.4 Å². The Bertz CT molecular complexity index is 801. The van der Waals surface area contributed by atoms with Crippen molar-refractivity contribution in [3.8, 4) is 0 Å². The average molecular weight is 332 g/mol. The van der Waals surface area contributed by atoms with Crippen molar-refractivity contribution in [1.29, 1.82) is 0 Å². The Labute approximate surface area is 140 Å². The Hall–Kier alpha value is -1.91. The van der Waals surface area contributed by atoms with E-state index in [2.05, 4.69) is 27.0 Å². The molecule has 0 unspecified atom stereocenters. The van der Waals surface area contributed by atoms with E-state index in [0.29, 0.717) is 0 Å². The van der Waals surface area contributed by atoms with Gasteiger partial charge in [-0.3, -0.25) is 9.88 Å². The van der Waals surface area contributed by atoms with Gasteiger partial charge in [0.25, 0.3) is 0 Å². The van der Waals surface area contributed by atoms with Gasteiger partial charge in [-0.1, -0.05) is 0 Å². The number of aromatic nitrogens is 2. The number of hydrogen-bond acceptors (Lipinski definition) is 2. The molecule has 1 aromatic carbocycles. The average Bonchev–Trinajstić information content (AvgIpc) is 2.91. The molecule has 0 saturated carbocycles. The molecule has 5 heteroatoms. The van der Waals surface area contributed by atoms with Crippen molar-refractivity contribution in [3.05, 3.63) is 65.4 Å². The highest BCUT2D eigenvalue weighted by atomic mass is 35.5. The van der Waals surface area contributed by atoms with Crippen LogP contribution in [0.4, 0.5) is 4.39 Å². The molecule has 0 atom stereocenters. The SMILES string of the molecule is Cl.Fc1ccc2[nH]c3c(c2c1)CN(CCc1ccncc1)CC3. The van der Waals surface area contributed by atoms with Crippen molar-refractivity contribution < 1.29 is 4.39 Å². The highest BCUT2D eigenvalue weighted by Crippen LogP contribution is 2.28. The second kappa shape index (κ2) is 6.69. The van der Waals surface area contributed by atoms with Crippen LogP contribution in [0.1, 0.15) is 16.8 Å². The van der Waals surface area contributed by atoms with Gasteiger partial charge in [0.1, 0.15) is 5.82 Å². The maximum atomic E-state index is 13.5. The Kier molecular flexibility index (Phi) is 4.64. The Morgan fingerprint density at radius 1 is 1.17 bits per heavy atom. The first-order valence-corrected chi connectivity index (χ1v) is 7.70. The minimum atomic E-state index is -0.164. The molecule has 1 aliphatic rings. The number of nitrogens with zero attached hydrogens (tertiary/aromatic N) is 2. The first-order chi connectivity index (χ1) is 10.8. The number of pyridine rings is 1. The Balaban J connectivity index is 0.00000156. The third kappa shape index (κ3) is 3.23. The second-order valence-corrected chi connectivity index (χ2v) is 5.90. The lowest BCUT2D eigenvalue weighted by molar-refractivity contribution is 0.257. The van der Waals surface area contributed by atoms with E-state index in [0.717, 1.165) is 43.4 Å². The molecule has 0 aliphatic carbocycles. The van der Waals surface area contributed by atoms with Crippen LogP contribution < -0.4 is 0 Å². The summed E-state index contributed by atoms with van der Waals surface area (Å²) in [4.78, 5) is 9.93. The fourth-order valence-electron chi connectivity index (χ4n) is 3.27. The van der Waals surface area contributed by atoms with Gasteiger partial charge in [0.2, 0.25) is 0 Å². The van der Waals surface area contributed by atoms with Gasteiger partial charge in [-0.15, -0.1) is 12.4 Å². The summed E-state index contributed by atoms with van der Waals surface area (Å²) in [6.07, 6.45) is 5.70. The van der Waals surface area contributed by atoms with E-state index in [1.165, 1.54) is 22.9 Å². The molecule has 120 valence electrons. The van der Waals surface area contributed by atoms with Crippen LogP contribution in [0.15, 0.2) is 42.7 Å². The van der Waals surface area contributed by atoms with Gasteiger partial charge in [-0.25, -0.2) is 4.39 Å². The van der Waals surface area contributed by atoms with Crippen molar-refractivity contribution in [2.75, 3.05) is 13.1 Å². The number of benzene rings is 1. The predicted molar refractivity (Wildman–Crippen MR) is 92.4 cm³/mol. The summed E-state index contributed by atoms with van der Waals surface area (Å²) in [5.74, 6) is -0.164. The summed E-state index contributed by atoms with van der Waals surface area (Å²) >= 11 is 0. The first kappa shape index (κ1) is 16.0. The van der Waals surface area contributed by atoms with E-state index in [1.54, 1.807) is 6.07 Å². The number of nitrogens with one attached hydrogen (secondary N) is 1. The quantitative estimate of drug-likeness (QED) is 0.793. The number of rotatable bonds is 3. The molecule has 23 heavy (non-hydrogen) atoms. The monoisotopic (exact) mass is 331 g/mol. The van der Waals surface area contributed by atoms with Crippen molar-refractivity contribution in [3.63, 3.8) is 0 Å². The van der Waals surface area contributed by atoms with Crippen LogP contribution in [0.5, 0.6) is 0 Å². The molecule has 0 saturated heterocycles. The Morgan fingerprint density at radius 3 is 2.83 bits per heavy atom. The third-order valence-corrected chi connectivity index (χ3v) is 4.48. The molecule has 1 N–H and O–H groups in total. The highest BCUT2D eigenvalue weighted by Gasteiger charge is 2.20. The summed E-state index contributed by atoms with van der Waals surface area (Å²) in [6, 6.07) is 9.14. The molecule has 2 aromatic heterocycles. The summed E-state index contributed by atoms with van der Waals surface area (Å²) < 4.78 is 13.5. The molecule has 0 fully saturated rings. The van der Waals surface area contributed by atoms with Gasteiger partial charge in [0.05, 0.1) is 0 Å². The molecule has 1 aliphatic heterocycles. The van der Waals surface area contributed by atoms with Crippen molar-refractivity contribution in [1.82, 2.24) is 14.9 Å². The number of hydrogen-bond donors (Lipinski definition) is 1. The zero-order valence-corrected chi connectivity index (χ0v) is 13.6. The smallest absolute Gasteiger partial charge is 0.123 e. The fourth-order valence-corrected chi connectivity index (χ4v) is 3.27. The second-order valence-electron chi connectivity index (χ2n) is 5.90. The Morgan fingerprint density at radius 2 is 2.00 bits per heavy atom. The highest BCUT2D eigenvalue weighted by molar-refractivity contribution is 5.85. The van der Waals surface area contributed by atoms with Gasteiger partial charge in [-0.05, 0) is 47.9 Å². The van der Waals surface area contributed by atoms with E-state index < -0.39 is 0 Å². The minimum absolute atomic E-state index is 0. The molecule has 3 aromatic rings. The number of halogens is 2. The van der Waals surface area contributed by atoms with Crippen LogP contribution in [-0.2, 0) is 19.4 Å². The number of fused-ring (bicyclic) bond motifs is 3. The van der Waals surface area contributed by atoms with Crippen LogP contribution in [0, 0.1) is 5.82 Å². The number of H-pyrrole nitrogens is 1. The van der Waals surface area contributed by atoms with E-state index in [4.69, 9.17) is 0 Å². The van der Waals surface area contributed by atoms with E-state index in [-0.39, 0.29) is 18.2 Å². The molecule has 3 heterocycles. The number of aromatic amines is 1. The maximum Gasteiger partial charge on any atom is 0.123 e. The largest absolute Gasteiger partial charge is 0.358 e. The maximum absolute atomic E-state index is 13.5. The molecular weight excluding hydrogens is 313 g/mol. The van der Waals surface area contributed by atoms with Crippen LogP contribution in [0.3, 0.4) is 0 Å². The van der Waals surface area contributed by atoms with E-state index >= 15 is 0 Å². The standard InChI is InChI=1S/C18H18FN3.ClH/c19-14-1-2-17-15(11-14)16-12-22(10-6-18(16)21-17)9-5-13-3-7-20-8-4-13;/h1-4,7-8,11,21H,5-6,9-10,12H2;1H. The molecule has 0 amide bonds. The van der Waals surface area contributed by atoms with Gasteiger partial charge < -0.3 is 4.98 Å². The van der Waals surface area contributed by atoms with Crippen LogP contribution in [0.25, 0.3) is 10.9 Å². The lowest BCUT2D eigenvalue weighted by atomic mass is 10.0. The normalized spacial score (nSPS) is 14.5. The zero-order valence-electron chi connectivity index (χ0n) is 12.8. The fraction of sp³-hybridized carbons (Fsp3) is 0.278. The molecule has 4 rings (SSSR count). The van der Waals surface area contributed by atoms with Gasteiger partial charge in [0, 0.05) is 55.0 Å². The molecule has 3 nitrogen and oxygen atoms in total. The topological polar surface area (TPSA) is 31.9 Å². The first-order valence-electron chi connectivity index (χ1n) is 7.70. The minimum Gasteiger partial charge on any atom is -0.358 e. The molecule has 0 spiro atoms. The molecule has 0 bridgehead atoms. The zero-order chi connectivity index (χ0) is 14.9. The van der Waals surface area contributed by atoms with E-state index in [9.17, 15) is 4.39 Å². The van der Waals surface area contributed by atoms with Crippen LogP contribution >= 0.6 is 12.4 Å². The molecular formula is C18H19ClFN3. The van der Waals surface area contributed by atoms with Gasteiger partial charge >= 0.3 is 0 Å². The van der Waals surface area contributed by atoms with Crippen LogP contribution in [0.2, 0.25) is 0 Å². The summed E-state index contributed by atoms with van der Waals surface area (Å²) in [6.45, 7) is 2.96. The predicted octanol–water partition coefficient (Wildman–Crippen LogP) is 3.72. The summed E-state index contributed by atoms with van der Waals surface area (Å²) in [7, 11) is 0.